The molecule has 140 valence electrons. The van der Waals surface area contributed by atoms with E-state index in [0.717, 1.165) is 12.1 Å². The number of nitrogens with zero attached hydrogens (tertiary/aromatic N) is 4. The summed E-state index contributed by atoms with van der Waals surface area (Å²) in [4.78, 5) is 12.0. The lowest BCUT2D eigenvalue weighted by Gasteiger charge is -2.14. The Balaban J connectivity index is 1.90. The van der Waals surface area contributed by atoms with Gasteiger partial charge < -0.3 is 4.74 Å². The van der Waals surface area contributed by atoms with Gasteiger partial charge in [-0.05, 0) is 32.8 Å². The molecule has 9 nitrogen and oxygen atoms in total. The summed E-state index contributed by atoms with van der Waals surface area (Å²) in [7, 11) is -2.61. The SMILES string of the molecule is CC1N=NC(n2c(=O)n(C)c3cc(F)c(S(=O)(=O)NC4(C)CC4)cc32)O1. The lowest BCUT2D eigenvalue weighted by Crippen LogP contribution is -2.34. The van der Waals surface area contributed by atoms with Crippen LogP contribution in [0.15, 0.2) is 32.1 Å². The van der Waals surface area contributed by atoms with E-state index in [4.69, 9.17) is 4.74 Å². The molecular weight excluding hydrogens is 365 g/mol. The molecule has 1 aliphatic heterocycles. The minimum absolute atomic E-state index is 0.207. The van der Waals surface area contributed by atoms with Crippen molar-refractivity contribution >= 4 is 21.1 Å². The summed E-state index contributed by atoms with van der Waals surface area (Å²) >= 11 is 0. The number of benzene rings is 1. The summed E-state index contributed by atoms with van der Waals surface area (Å²) in [5.74, 6) is -0.927. The molecule has 0 bridgehead atoms. The van der Waals surface area contributed by atoms with Crippen molar-refractivity contribution in [1.82, 2.24) is 13.9 Å². The van der Waals surface area contributed by atoms with Crippen LogP contribution in [0.3, 0.4) is 0 Å². The second-order valence-electron chi connectivity index (χ2n) is 6.94. The number of azo groups is 1. The Morgan fingerprint density at radius 3 is 2.58 bits per heavy atom. The van der Waals surface area contributed by atoms with E-state index < -0.39 is 44.5 Å². The van der Waals surface area contributed by atoms with Crippen LogP contribution in [0.5, 0.6) is 0 Å². The molecular formula is C15H18FN5O4S. The number of halogens is 1. The first-order chi connectivity index (χ1) is 12.1. The third kappa shape index (κ3) is 2.66. The highest BCUT2D eigenvalue weighted by molar-refractivity contribution is 7.89. The topological polar surface area (TPSA) is 107 Å². The number of aryl methyl sites for hydroxylation is 1. The molecule has 0 radical (unpaired) electrons. The summed E-state index contributed by atoms with van der Waals surface area (Å²) in [6.07, 6.45) is -0.154. The maximum absolute atomic E-state index is 14.6. The van der Waals surface area contributed by atoms with Crippen LogP contribution in [-0.4, -0.2) is 29.3 Å². The number of sulfonamides is 1. The third-order valence-electron chi connectivity index (χ3n) is 4.68. The Morgan fingerprint density at radius 1 is 1.31 bits per heavy atom. The van der Waals surface area contributed by atoms with Crippen molar-refractivity contribution in [2.45, 2.75) is 49.7 Å². The number of nitrogens with one attached hydrogen (secondary N) is 1. The molecule has 0 saturated heterocycles. The van der Waals surface area contributed by atoms with Gasteiger partial charge in [-0.2, -0.15) is 5.11 Å². The van der Waals surface area contributed by atoms with E-state index in [1.807, 2.05) is 0 Å². The number of fused-ring (bicyclic) bond motifs is 1. The number of aromatic nitrogens is 2. The number of rotatable bonds is 4. The minimum atomic E-state index is -4.08. The zero-order valence-electron chi connectivity index (χ0n) is 14.4. The smallest absolute Gasteiger partial charge is 0.310 e. The van der Waals surface area contributed by atoms with Gasteiger partial charge in [-0.25, -0.2) is 26.9 Å². The van der Waals surface area contributed by atoms with Crippen molar-refractivity contribution in [1.29, 1.82) is 0 Å². The molecule has 1 fully saturated rings. The molecule has 2 unspecified atom stereocenters. The number of ether oxygens (including phenoxy) is 1. The zero-order chi connectivity index (χ0) is 18.9. The fourth-order valence-electron chi connectivity index (χ4n) is 2.94. The normalized spacial score (nSPS) is 24.5. The predicted octanol–water partition coefficient (Wildman–Crippen LogP) is 1.59. The van der Waals surface area contributed by atoms with Crippen LogP contribution in [-0.2, 0) is 21.8 Å². The average Bonchev–Trinajstić information content (AvgIpc) is 3.01. The largest absolute Gasteiger partial charge is 0.332 e. The number of hydrogen-bond acceptors (Lipinski definition) is 6. The Hall–Kier alpha value is -2.11. The molecule has 2 atom stereocenters. The third-order valence-corrected chi connectivity index (χ3v) is 6.33. The molecule has 1 aliphatic carbocycles. The van der Waals surface area contributed by atoms with Crippen molar-refractivity contribution < 1.29 is 17.5 Å². The molecule has 0 amide bonds. The lowest BCUT2D eigenvalue weighted by atomic mass is 10.3. The van der Waals surface area contributed by atoms with Gasteiger partial charge in [0.15, 0.2) is 6.23 Å². The van der Waals surface area contributed by atoms with Gasteiger partial charge >= 0.3 is 5.69 Å². The molecule has 4 rings (SSSR count). The monoisotopic (exact) mass is 383 g/mol. The van der Waals surface area contributed by atoms with E-state index in [1.54, 1.807) is 13.8 Å². The van der Waals surface area contributed by atoms with Crippen LogP contribution in [0.4, 0.5) is 4.39 Å². The van der Waals surface area contributed by atoms with Gasteiger partial charge in [-0.15, -0.1) is 5.11 Å². The quantitative estimate of drug-likeness (QED) is 0.865. The molecule has 11 heteroatoms. The van der Waals surface area contributed by atoms with Gasteiger partial charge in [-0.3, -0.25) is 4.57 Å². The Morgan fingerprint density at radius 2 is 2.00 bits per heavy atom. The van der Waals surface area contributed by atoms with E-state index in [0.29, 0.717) is 12.8 Å². The van der Waals surface area contributed by atoms with Crippen LogP contribution < -0.4 is 10.4 Å². The van der Waals surface area contributed by atoms with Crippen molar-refractivity contribution in [3.63, 3.8) is 0 Å². The highest BCUT2D eigenvalue weighted by atomic mass is 32.2. The maximum atomic E-state index is 14.6. The Kier molecular flexibility index (Phi) is 3.62. The second kappa shape index (κ2) is 5.44. The molecule has 1 N–H and O–H groups in total. The molecule has 1 saturated carbocycles. The Labute approximate surface area is 148 Å². The standard InChI is InChI=1S/C15H18FN5O4S/c1-8-17-18-13(25-8)21-11-7-12(26(23,24)19-15(2)4-5-15)9(16)6-10(11)20(3)14(21)22/h6-8,13,19H,4-5H2,1-3H3. The molecule has 2 aromatic rings. The summed E-state index contributed by atoms with van der Waals surface area (Å²) in [6.45, 7) is 3.42. The second-order valence-corrected chi connectivity index (χ2v) is 8.59. The van der Waals surface area contributed by atoms with Crippen LogP contribution in [0.1, 0.15) is 33.0 Å². The highest BCUT2D eigenvalue weighted by Crippen LogP contribution is 2.36. The van der Waals surface area contributed by atoms with Crippen molar-refractivity contribution in [2.24, 2.45) is 17.3 Å². The van der Waals surface area contributed by atoms with Crippen LogP contribution in [0.2, 0.25) is 0 Å². The van der Waals surface area contributed by atoms with Crippen molar-refractivity contribution in [2.75, 3.05) is 0 Å². The highest BCUT2D eigenvalue weighted by Gasteiger charge is 2.42. The first-order valence-electron chi connectivity index (χ1n) is 8.11. The van der Waals surface area contributed by atoms with Crippen molar-refractivity contribution in [3.05, 3.63) is 28.4 Å². The first kappa shape index (κ1) is 17.3. The first-order valence-corrected chi connectivity index (χ1v) is 9.59. The zero-order valence-corrected chi connectivity index (χ0v) is 15.2. The Bertz CT molecular complexity index is 1100. The number of imidazole rings is 1. The molecule has 26 heavy (non-hydrogen) atoms. The van der Waals surface area contributed by atoms with E-state index in [2.05, 4.69) is 15.0 Å². The summed E-state index contributed by atoms with van der Waals surface area (Å²) < 4.78 is 50.1. The predicted molar refractivity (Wildman–Crippen MR) is 89.5 cm³/mol. The maximum Gasteiger partial charge on any atom is 0.332 e. The van der Waals surface area contributed by atoms with E-state index in [1.165, 1.54) is 16.2 Å². The van der Waals surface area contributed by atoms with Gasteiger partial charge in [0, 0.05) is 18.7 Å². The van der Waals surface area contributed by atoms with Gasteiger partial charge in [0.25, 0.3) is 6.35 Å². The van der Waals surface area contributed by atoms with Crippen LogP contribution >= 0.6 is 0 Å². The van der Waals surface area contributed by atoms with Crippen molar-refractivity contribution in [3.8, 4) is 0 Å². The summed E-state index contributed by atoms with van der Waals surface area (Å²) in [5, 5.41) is 7.71. The number of hydrogen-bond donors (Lipinski definition) is 1. The summed E-state index contributed by atoms with van der Waals surface area (Å²) in [6, 6.07) is 2.18. The van der Waals surface area contributed by atoms with E-state index >= 15 is 0 Å². The minimum Gasteiger partial charge on any atom is -0.310 e. The fourth-order valence-corrected chi connectivity index (χ4v) is 4.49. The van der Waals surface area contributed by atoms with Gasteiger partial charge in [0.05, 0.1) is 11.0 Å². The fraction of sp³-hybridized carbons (Fsp3) is 0.533. The lowest BCUT2D eigenvalue weighted by molar-refractivity contribution is 0.000714. The summed E-state index contributed by atoms with van der Waals surface area (Å²) in [5.41, 5.74) is -0.607. The molecule has 2 aliphatic rings. The van der Waals surface area contributed by atoms with Gasteiger partial charge in [0.2, 0.25) is 10.0 Å². The van der Waals surface area contributed by atoms with E-state index in [9.17, 15) is 17.6 Å². The molecule has 2 heterocycles. The average molecular weight is 383 g/mol. The molecule has 1 aromatic carbocycles. The van der Waals surface area contributed by atoms with Crippen LogP contribution in [0.25, 0.3) is 11.0 Å². The van der Waals surface area contributed by atoms with Gasteiger partial charge in [-0.1, -0.05) is 0 Å². The molecule has 0 spiro atoms. The molecule has 1 aromatic heterocycles. The van der Waals surface area contributed by atoms with E-state index in [-0.39, 0.29) is 11.0 Å². The van der Waals surface area contributed by atoms with Gasteiger partial charge in [0.1, 0.15) is 10.7 Å². The van der Waals surface area contributed by atoms with Crippen LogP contribution in [0, 0.1) is 5.82 Å².